The molecule has 37 heavy (non-hydrogen) atoms. The van der Waals surface area contributed by atoms with E-state index < -0.39 is 0 Å². The molecule has 4 aromatic carbocycles. The van der Waals surface area contributed by atoms with Crippen LogP contribution in [0, 0.1) is 17.8 Å². The highest BCUT2D eigenvalue weighted by molar-refractivity contribution is 6.98. The minimum absolute atomic E-state index is 0.132. The Morgan fingerprint density at radius 2 is 1.11 bits per heavy atom. The highest BCUT2D eigenvalue weighted by atomic mass is 16.5. The summed E-state index contributed by atoms with van der Waals surface area (Å²) < 4.78 is 13.2. The van der Waals surface area contributed by atoms with E-state index in [1.807, 2.05) is 0 Å². The smallest absolute Gasteiger partial charge is 0.260 e. The van der Waals surface area contributed by atoms with Gasteiger partial charge in [0.25, 0.3) is 6.71 Å². The van der Waals surface area contributed by atoms with Crippen LogP contribution in [0.3, 0.4) is 0 Å². The topological polar surface area (TPSA) is 18.5 Å². The van der Waals surface area contributed by atoms with Crippen LogP contribution in [0.25, 0.3) is 11.1 Å². The molecule has 0 amide bonds. The van der Waals surface area contributed by atoms with Gasteiger partial charge in [0.1, 0.15) is 23.0 Å². The van der Waals surface area contributed by atoms with Crippen LogP contribution in [-0.2, 0) is 5.41 Å². The monoisotopic (exact) mass is 480 g/mol. The first-order valence-electron chi connectivity index (χ1n) is 14.1. The largest absolute Gasteiger partial charge is 0.458 e. The van der Waals surface area contributed by atoms with Crippen molar-refractivity contribution >= 4 is 23.1 Å². The number of fused-ring (bicyclic) bond motifs is 4. The minimum Gasteiger partial charge on any atom is -0.458 e. The van der Waals surface area contributed by atoms with Gasteiger partial charge in [0, 0.05) is 5.46 Å². The SMILES string of the molecule is c1ccc2c(c1)Oc1cc(-c3ccccc3C34CC5CC(CC(C5)C3)C4)cc3c1B2c1ccccc1O3. The third-order valence-electron chi connectivity index (χ3n) is 10.1. The molecule has 0 N–H and O–H groups in total. The Bertz CT molecular complexity index is 1480. The molecule has 2 aliphatic heterocycles. The molecule has 0 spiro atoms. The fraction of sp³-hybridized carbons (Fsp3) is 0.294. The first kappa shape index (κ1) is 20.6. The first-order valence-corrected chi connectivity index (χ1v) is 14.1. The molecule has 4 fully saturated rings. The van der Waals surface area contributed by atoms with Crippen molar-refractivity contribution in [2.75, 3.05) is 0 Å². The lowest BCUT2D eigenvalue weighted by Crippen LogP contribution is -2.57. The quantitative estimate of drug-likeness (QED) is 0.262. The molecule has 2 heterocycles. The summed E-state index contributed by atoms with van der Waals surface area (Å²) in [5.74, 6) is 6.54. The summed E-state index contributed by atoms with van der Waals surface area (Å²) in [7, 11) is 0. The van der Waals surface area contributed by atoms with E-state index in [2.05, 4.69) is 84.9 Å². The van der Waals surface area contributed by atoms with Gasteiger partial charge in [-0.3, -0.25) is 0 Å². The molecule has 0 aromatic heterocycles. The van der Waals surface area contributed by atoms with Crippen LogP contribution < -0.4 is 25.9 Å². The van der Waals surface area contributed by atoms with Crippen molar-refractivity contribution in [1.82, 2.24) is 0 Å². The summed E-state index contributed by atoms with van der Waals surface area (Å²) in [6.07, 6.45) is 8.49. The number of hydrogen-bond acceptors (Lipinski definition) is 2. The molecule has 4 bridgehead atoms. The second-order valence-electron chi connectivity index (χ2n) is 12.3. The third kappa shape index (κ3) is 2.89. The average Bonchev–Trinajstić information content (AvgIpc) is 2.92. The summed E-state index contributed by atoms with van der Waals surface area (Å²) in [5.41, 5.74) is 8.07. The van der Waals surface area contributed by atoms with E-state index in [1.165, 1.54) is 60.6 Å². The van der Waals surface area contributed by atoms with Gasteiger partial charge in [-0.2, -0.15) is 0 Å². The number of para-hydroxylation sites is 2. The number of ether oxygens (including phenoxy) is 2. The van der Waals surface area contributed by atoms with Crippen LogP contribution >= 0.6 is 0 Å². The van der Waals surface area contributed by atoms with E-state index in [0.717, 1.165) is 46.2 Å². The van der Waals surface area contributed by atoms with Crippen LogP contribution in [0.1, 0.15) is 44.1 Å². The highest BCUT2D eigenvalue weighted by Crippen LogP contribution is 2.61. The van der Waals surface area contributed by atoms with Crippen LogP contribution in [0.2, 0.25) is 0 Å². The maximum Gasteiger partial charge on any atom is 0.260 e. The van der Waals surface area contributed by atoms with Gasteiger partial charge in [-0.15, -0.1) is 0 Å². The fourth-order valence-electron chi connectivity index (χ4n) is 9.19. The molecule has 2 nitrogen and oxygen atoms in total. The zero-order valence-electron chi connectivity index (χ0n) is 21.0. The molecule has 0 saturated heterocycles. The minimum atomic E-state index is 0.132. The molecule has 180 valence electrons. The van der Waals surface area contributed by atoms with Crippen molar-refractivity contribution in [2.24, 2.45) is 17.8 Å². The van der Waals surface area contributed by atoms with Crippen molar-refractivity contribution in [1.29, 1.82) is 0 Å². The van der Waals surface area contributed by atoms with Crippen molar-refractivity contribution in [3.8, 4) is 34.1 Å². The van der Waals surface area contributed by atoms with E-state index in [4.69, 9.17) is 9.47 Å². The zero-order valence-corrected chi connectivity index (χ0v) is 21.0. The molecule has 4 aliphatic carbocycles. The molecule has 0 atom stereocenters. The summed E-state index contributed by atoms with van der Waals surface area (Å²) >= 11 is 0. The van der Waals surface area contributed by atoms with E-state index in [-0.39, 0.29) is 6.71 Å². The van der Waals surface area contributed by atoms with E-state index in [0.29, 0.717) is 5.41 Å². The van der Waals surface area contributed by atoms with Gasteiger partial charge in [-0.25, -0.2) is 0 Å². The molecule has 0 unspecified atom stereocenters. The summed E-state index contributed by atoms with van der Waals surface area (Å²) in [4.78, 5) is 0. The van der Waals surface area contributed by atoms with Gasteiger partial charge in [-0.1, -0.05) is 60.7 Å². The van der Waals surface area contributed by atoms with Gasteiger partial charge >= 0.3 is 0 Å². The Hall–Kier alpha value is -3.46. The second kappa shape index (κ2) is 7.31. The maximum atomic E-state index is 6.61. The lowest BCUT2D eigenvalue weighted by atomic mass is 9.35. The van der Waals surface area contributed by atoms with E-state index in [1.54, 1.807) is 5.56 Å². The van der Waals surface area contributed by atoms with E-state index in [9.17, 15) is 0 Å². The van der Waals surface area contributed by atoms with Gasteiger partial charge in [0.05, 0.1) is 0 Å². The molecular weight excluding hydrogens is 451 g/mol. The zero-order chi connectivity index (χ0) is 24.1. The fourth-order valence-corrected chi connectivity index (χ4v) is 9.19. The summed E-state index contributed by atoms with van der Waals surface area (Å²) in [6.45, 7) is 0.132. The van der Waals surface area contributed by atoms with Gasteiger partial charge in [0.15, 0.2) is 0 Å². The number of benzene rings is 4. The molecule has 6 aliphatic rings. The Balaban J connectivity index is 1.23. The highest BCUT2D eigenvalue weighted by Gasteiger charge is 2.52. The van der Waals surface area contributed by atoms with Gasteiger partial charge < -0.3 is 9.47 Å². The standard InChI is InChI=1S/C34H29BO2/c1-2-8-26(34-18-21-13-22(19-34)15-23(14-21)20-34)25(7-1)24-16-31-33-32(17-24)37-30-12-6-4-10-28(30)35(33)27-9-3-5-11-29(27)36-31/h1-12,16-17,21-23H,13-15,18-20H2. The molecule has 4 saturated carbocycles. The molecule has 3 heteroatoms. The molecular formula is C34H29BO2. The lowest BCUT2D eigenvalue weighted by molar-refractivity contribution is -0.00492. The summed E-state index contributed by atoms with van der Waals surface area (Å²) in [5, 5.41) is 0. The Morgan fingerprint density at radius 3 is 1.70 bits per heavy atom. The van der Waals surface area contributed by atoms with Crippen molar-refractivity contribution < 1.29 is 9.47 Å². The maximum absolute atomic E-state index is 6.61. The van der Waals surface area contributed by atoms with Gasteiger partial charge in [-0.05, 0) is 114 Å². The molecule has 0 radical (unpaired) electrons. The molecule has 10 rings (SSSR count). The first-order chi connectivity index (χ1) is 18.2. The average molecular weight is 480 g/mol. The Labute approximate surface area is 218 Å². The Kier molecular flexibility index (Phi) is 4.07. The predicted molar refractivity (Wildman–Crippen MR) is 149 cm³/mol. The van der Waals surface area contributed by atoms with Crippen molar-refractivity contribution in [2.45, 2.75) is 43.9 Å². The third-order valence-corrected chi connectivity index (χ3v) is 10.1. The number of hydrogen-bond donors (Lipinski definition) is 0. The Morgan fingerprint density at radius 1 is 0.595 bits per heavy atom. The summed E-state index contributed by atoms with van der Waals surface area (Å²) in [6, 6.07) is 30.8. The second-order valence-corrected chi connectivity index (χ2v) is 12.3. The predicted octanol–water partition coefficient (Wildman–Crippen LogP) is 6.55. The molecule has 4 aromatic rings. The van der Waals surface area contributed by atoms with Gasteiger partial charge in [0.2, 0.25) is 0 Å². The van der Waals surface area contributed by atoms with Crippen molar-refractivity contribution in [3.05, 3.63) is 90.5 Å². The van der Waals surface area contributed by atoms with Crippen molar-refractivity contribution in [3.63, 3.8) is 0 Å². The van der Waals surface area contributed by atoms with Crippen LogP contribution in [-0.4, -0.2) is 6.71 Å². The van der Waals surface area contributed by atoms with Crippen LogP contribution in [0.4, 0.5) is 0 Å². The lowest BCUT2D eigenvalue weighted by Gasteiger charge is -2.57. The number of rotatable bonds is 2. The van der Waals surface area contributed by atoms with Crippen LogP contribution in [0.5, 0.6) is 23.0 Å². The normalized spacial score (nSPS) is 27.6. The van der Waals surface area contributed by atoms with E-state index >= 15 is 0 Å². The van der Waals surface area contributed by atoms with Crippen LogP contribution in [0.15, 0.2) is 84.9 Å².